The molecule has 1 heterocycles. The second-order valence-electron chi connectivity index (χ2n) is 6.94. The van der Waals surface area contributed by atoms with Crippen molar-refractivity contribution in [2.75, 3.05) is 13.4 Å². The summed E-state index contributed by atoms with van der Waals surface area (Å²) in [6.07, 6.45) is 1.16. The van der Waals surface area contributed by atoms with Gasteiger partial charge in [0.05, 0.1) is 29.1 Å². The van der Waals surface area contributed by atoms with E-state index in [1.165, 1.54) is 31.4 Å². The van der Waals surface area contributed by atoms with Gasteiger partial charge < -0.3 is 4.74 Å². The number of sulfone groups is 1. The second kappa shape index (κ2) is 8.17. The van der Waals surface area contributed by atoms with Gasteiger partial charge in [-0.3, -0.25) is 0 Å². The lowest BCUT2D eigenvalue weighted by Crippen LogP contribution is -2.01. The molecule has 0 saturated carbocycles. The van der Waals surface area contributed by atoms with Crippen molar-refractivity contribution in [2.45, 2.75) is 4.90 Å². The fourth-order valence-electron chi connectivity index (χ4n) is 3.25. The Morgan fingerprint density at radius 1 is 0.968 bits per heavy atom. The van der Waals surface area contributed by atoms with E-state index in [1.807, 2.05) is 18.2 Å². The molecule has 158 valence electrons. The zero-order valence-corrected chi connectivity index (χ0v) is 18.3. The van der Waals surface area contributed by atoms with Crippen LogP contribution >= 0.6 is 11.6 Å². The minimum absolute atomic E-state index is 0.219. The number of benzene rings is 3. The van der Waals surface area contributed by atoms with Crippen molar-refractivity contribution in [1.29, 1.82) is 0 Å². The Morgan fingerprint density at radius 3 is 2.26 bits per heavy atom. The van der Waals surface area contributed by atoms with Crippen LogP contribution < -0.4 is 4.74 Å². The van der Waals surface area contributed by atoms with Crippen molar-refractivity contribution < 1.29 is 17.5 Å². The monoisotopic (exact) mass is 456 g/mol. The highest BCUT2D eigenvalue weighted by molar-refractivity contribution is 7.90. The molecule has 0 amide bonds. The fraction of sp³-hybridized carbons (Fsp3) is 0.0870. The number of aromatic nitrogens is 2. The third-order valence-electron chi connectivity index (χ3n) is 4.80. The van der Waals surface area contributed by atoms with E-state index in [4.69, 9.17) is 21.4 Å². The van der Waals surface area contributed by atoms with Gasteiger partial charge in [-0.1, -0.05) is 23.7 Å². The zero-order chi connectivity index (χ0) is 22.2. The average molecular weight is 457 g/mol. The predicted molar refractivity (Wildman–Crippen MR) is 119 cm³/mol. The summed E-state index contributed by atoms with van der Waals surface area (Å²) in [5.74, 6) is -0.0472. The summed E-state index contributed by atoms with van der Waals surface area (Å²) >= 11 is 6.04. The molecule has 4 rings (SSSR count). The van der Waals surface area contributed by atoms with Crippen LogP contribution in [0.25, 0.3) is 28.2 Å². The molecule has 0 aliphatic heterocycles. The summed E-state index contributed by atoms with van der Waals surface area (Å²) in [5, 5.41) is 5.32. The predicted octanol–water partition coefficient (Wildman–Crippen LogP) is 5.41. The Kier molecular flexibility index (Phi) is 5.56. The van der Waals surface area contributed by atoms with Crippen molar-refractivity contribution in [3.63, 3.8) is 0 Å². The molecule has 0 aliphatic carbocycles. The minimum atomic E-state index is -3.32. The van der Waals surface area contributed by atoms with Crippen molar-refractivity contribution in [1.82, 2.24) is 9.78 Å². The van der Waals surface area contributed by atoms with Crippen molar-refractivity contribution >= 4 is 21.4 Å². The standard InChI is InChI=1S/C23H18ClFN2O3S/c1-30-23-13-17(25)7-12-20(23)21-14-22(15-3-5-16(24)6-4-15)27(26-21)18-8-10-19(11-9-18)31(2,28)29/h3-14H,1-2H3. The maximum Gasteiger partial charge on any atom is 0.175 e. The number of halogens is 2. The van der Waals surface area contributed by atoms with Gasteiger partial charge in [-0.05, 0) is 54.6 Å². The molecule has 0 bridgehead atoms. The molecule has 0 spiro atoms. The van der Waals surface area contributed by atoms with E-state index in [-0.39, 0.29) is 4.90 Å². The lowest BCUT2D eigenvalue weighted by atomic mass is 10.1. The first-order valence-electron chi connectivity index (χ1n) is 9.26. The molecule has 31 heavy (non-hydrogen) atoms. The van der Waals surface area contributed by atoms with Crippen LogP contribution in [0.5, 0.6) is 5.75 Å². The van der Waals surface area contributed by atoms with E-state index in [1.54, 1.807) is 35.0 Å². The van der Waals surface area contributed by atoms with Gasteiger partial charge in [0, 0.05) is 28.5 Å². The average Bonchev–Trinajstić information content (AvgIpc) is 3.18. The molecule has 8 heteroatoms. The lowest BCUT2D eigenvalue weighted by molar-refractivity contribution is 0.413. The van der Waals surface area contributed by atoms with Crippen LogP contribution in [-0.2, 0) is 9.84 Å². The molecule has 0 aliphatic rings. The molecule has 0 unspecified atom stereocenters. The summed E-state index contributed by atoms with van der Waals surface area (Å²) < 4.78 is 44.3. The van der Waals surface area contributed by atoms with Gasteiger partial charge in [-0.25, -0.2) is 17.5 Å². The fourth-order valence-corrected chi connectivity index (χ4v) is 4.00. The third kappa shape index (κ3) is 4.33. The highest BCUT2D eigenvalue weighted by Gasteiger charge is 2.17. The summed E-state index contributed by atoms with van der Waals surface area (Å²) in [7, 11) is -1.84. The quantitative estimate of drug-likeness (QED) is 0.403. The van der Waals surface area contributed by atoms with Gasteiger partial charge in [-0.2, -0.15) is 5.10 Å². The first kappa shape index (κ1) is 21.1. The smallest absolute Gasteiger partial charge is 0.175 e. The summed E-state index contributed by atoms with van der Waals surface area (Å²) in [4.78, 5) is 0.219. The van der Waals surface area contributed by atoms with E-state index in [2.05, 4.69) is 0 Å². The molecule has 0 N–H and O–H groups in total. The molecule has 4 aromatic rings. The molecular weight excluding hydrogens is 439 g/mol. The van der Waals surface area contributed by atoms with E-state index < -0.39 is 15.7 Å². The molecule has 0 saturated heterocycles. The Morgan fingerprint density at radius 2 is 1.65 bits per heavy atom. The maximum atomic E-state index is 13.7. The van der Waals surface area contributed by atoms with Gasteiger partial charge in [0.15, 0.2) is 9.84 Å². The molecule has 5 nitrogen and oxygen atoms in total. The maximum absolute atomic E-state index is 13.7. The second-order valence-corrected chi connectivity index (χ2v) is 9.40. The minimum Gasteiger partial charge on any atom is -0.496 e. The Balaban J connectivity index is 1.90. The van der Waals surface area contributed by atoms with E-state index in [9.17, 15) is 12.8 Å². The van der Waals surface area contributed by atoms with Gasteiger partial charge in [0.2, 0.25) is 0 Å². The number of nitrogens with zero attached hydrogens (tertiary/aromatic N) is 2. The highest BCUT2D eigenvalue weighted by Crippen LogP contribution is 2.34. The van der Waals surface area contributed by atoms with E-state index in [0.29, 0.717) is 27.7 Å². The van der Waals surface area contributed by atoms with Crippen LogP contribution in [-0.4, -0.2) is 31.6 Å². The van der Waals surface area contributed by atoms with Crippen molar-refractivity contribution in [2.24, 2.45) is 0 Å². The van der Waals surface area contributed by atoms with Gasteiger partial charge >= 0.3 is 0 Å². The normalized spacial score (nSPS) is 11.5. The lowest BCUT2D eigenvalue weighted by Gasteiger charge is -2.09. The SMILES string of the molecule is COc1cc(F)ccc1-c1cc(-c2ccc(Cl)cc2)n(-c2ccc(S(C)(=O)=O)cc2)n1. The van der Waals surface area contributed by atoms with Crippen LogP contribution in [0.15, 0.2) is 77.7 Å². The molecular formula is C23H18ClFN2O3S. The van der Waals surface area contributed by atoms with Gasteiger partial charge in [-0.15, -0.1) is 0 Å². The molecule has 1 aromatic heterocycles. The molecule has 0 atom stereocenters. The number of rotatable bonds is 5. The number of hydrogen-bond acceptors (Lipinski definition) is 4. The highest BCUT2D eigenvalue weighted by atomic mass is 35.5. The van der Waals surface area contributed by atoms with Crippen LogP contribution in [0, 0.1) is 5.82 Å². The molecule has 3 aromatic carbocycles. The first-order valence-corrected chi connectivity index (χ1v) is 11.5. The Labute approximate surface area is 184 Å². The summed E-state index contributed by atoms with van der Waals surface area (Å²) in [6.45, 7) is 0. The Hall–Kier alpha value is -3.16. The molecule has 0 fully saturated rings. The van der Waals surface area contributed by atoms with Crippen LogP contribution in [0.2, 0.25) is 5.02 Å². The number of ether oxygens (including phenoxy) is 1. The topological polar surface area (TPSA) is 61.2 Å². The van der Waals surface area contributed by atoms with E-state index in [0.717, 1.165) is 17.5 Å². The largest absolute Gasteiger partial charge is 0.496 e. The van der Waals surface area contributed by atoms with Crippen LogP contribution in [0.3, 0.4) is 0 Å². The first-order chi connectivity index (χ1) is 14.8. The summed E-state index contributed by atoms with van der Waals surface area (Å²) in [6, 6.07) is 19.9. The van der Waals surface area contributed by atoms with Crippen LogP contribution in [0.4, 0.5) is 4.39 Å². The van der Waals surface area contributed by atoms with Gasteiger partial charge in [0.25, 0.3) is 0 Å². The van der Waals surface area contributed by atoms with Crippen LogP contribution in [0.1, 0.15) is 0 Å². The van der Waals surface area contributed by atoms with Crippen molar-refractivity contribution in [3.05, 3.63) is 83.6 Å². The molecule has 0 radical (unpaired) electrons. The third-order valence-corrected chi connectivity index (χ3v) is 6.18. The number of methoxy groups -OCH3 is 1. The van der Waals surface area contributed by atoms with Crippen molar-refractivity contribution in [3.8, 4) is 34.0 Å². The summed E-state index contributed by atoms with van der Waals surface area (Å²) in [5.41, 5.74) is 3.49. The Bertz CT molecular complexity index is 1350. The van der Waals surface area contributed by atoms with E-state index >= 15 is 0 Å². The number of hydrogen-bond donors (Lipinski definition) is 0. The van der Waals surface area contributed by atoms with Gasteiger partial charge in [0.1, 0.15) is 11.6 Å². The zero-order valence-electron chi connectivity index (χ0n) is 16.7.